The normalized spacial score (nSPS) is 21.1. The van der Waals surface area contributed by atoms with Crippen molar-refractivity contribution in [2.45, 2.75) is 19.4 Å². The van der Waals surface area contributed by atoms with E-state index in [0.717, 1.165) is 36.3 Å². The van der Waals surface area contributed by atoms with E-state index in [1.54, 1.807) is 0 Å². The highest BCUT2D eigenvalue weighted by Gasteiger charge is 2.25. The van der Waals surface area contributed by atoms with Gasteiger partial charge in [-0.2, -0.15) is 4.98 Å². The molecule has 0 amide bonds. The van der Waals surface area contributed by atoms with Gasteiger partial charge < -0.3 is 10.2 Å². The van der Waals surface area contributed by atoms with Crippen LogP contribution in [0.5, 0.6) is 0 Å². The van der Waals surface area contributed by atoms with Crippen LogP contribution in [0.1, 0.15) is 13.3 Å². The maximum absolute atomic E-state index is 4.55. The summed E-state index contributed by atoms with van der Waals surface area (Å²) in [6, 6.07) is 0.596. The molecule has 1 aromatic rings. The second-order valence-corrected chi connectivity index (χ2v) is 5.46. The third-order valence-electron chi connectivity index (χ3n) is 3.50. The van der Waals surface area contributed by atoms with Gasteiger partial charge in [-0.15, -0.1) is 0 Å². The number of aromatic nitrogens is 2. The monoisotopic (exact) mass is 313 g/mol. The Morgan fingerprint density at radius 3 is 2.94 bits per heavy atom. The van der Waals surface area contributed by atoms with E-state index in [2.05, 4.69) is 55.0 Å². The SMILES string of the molecule is CCC1CN(c2nc(NC)ncc2Br)CCN1C. The van der Waals surface area contributed by atoms with E-state index in [4.69, 9.17) is 0 Å². The lowest BCUT2D eigenvalue weighted by Crippen LogP contribution is -2.51. The fourth-order valence-electron chi connectivity index (χ4n) is 2.28. The molecule has 1 aromatic heterocycles. The molecule has 100 valence electrons. The Bertz CT molecular complexity index is 411. The largest absolute Gasteiger partial charge is 0.357 e. The van der Waals surface area contributed by atoms with Crippen molar-refractivity contribution in [1.82, 2.24) is 14.9 Å². The Morgan fingerprint density at radius 1 is 1.50 bits per heavy atom. The number of nitrogens with zero attached hydrogens (tertiary/aromatic N) is 4. The molecule has 1 saturated heterocycles. The minimum absolute atomic E-state index is 0.596. The lowest BCUT2D eigenvalue weighted by molar-refractivity contribution is 0.213. The zero-order valence-corrected chi connectivity index (χ0v) is 12.7. The first kappa shape index (κ1) is 13.5. The minimum Gasteiger partial charge on any atom is -0.357 e. The maximum atomic E-state index is 4.55. The van der Waals surface area contributed by atoms with Crippen LogP contribution in [0, 0.1) is 0 Å². The Labute approximate surface area is 117 Å². The van der Waals surface area contributed by atoms with Crippen LogP contribution in [0.15, 0.2) is 10.7 Å². The summed E-state index contributed by atoms with van der Waals surface area (Å²) in [5.74, 6) is 1.65. The van der Waals surface area contributed by atoms with E-state index in [-0.39, 0.29) is 0 Å². The molecule has 1 atom stereocenters. The van der Waals surface area contributed by atoms with Crippen molar-refractivity contribution in [2.75, 3.05) is 43.9 Å². The van der Waals surface area contributed by atoms with Crippen LogP contribution >= 0.6 is 15.9 Å². The molecule has 0 bridgehead atoms. The highest BCUT2D eigenvalue weighted by molar-refractivity contribution is 9.10. The van der Waals surface area contributed by atoms with Gasteiger partial charge in [-0.1, -0.05) is 6.92 Å². The lowest BCUT2D eigenvalue weighted by Gasteiger charge is -2.40. The van der Waals surface area contributed by atoms with Crippen molar-refractivity contribution in [3.05, 3.63) is 10.7 Å². The van der Waals surface area contributed by atoms with E-state index in [1.165, 1.54) is 0 Å². The van der Waals surface area contributed by atoms with Crippen molar-refractivity contribution < 1.29 is 0 Å². The van der Waals surface area contributed by atoms with Crippen LogP contribution in [0.2, 0.25) is 0 Å². The average molecular weight is 314 g/mol. The number of likely N-dealkylation sites (N-methyl/N-ethyl adjacent to an activating group) is 1. The van der Waals surface area contributed by atoms with Crippen LogP contribution in [0.3, 0.4) is 0 Å². The smallest absolute Gasteiger partial charge is 0.224 e. The van der Waals surface area contributed by atoms with Gasteiger partial charge in [0.1, 0.15) is 5.82 Å². The molecule has 5 nitrogen and oxygen atoms in total. The number of anilines is 2. The molecule has 18 heavy (non-hydrogen) atoms. The Balaban J connectivity index is 2.20. The predicted octanol–water partition coefficient (Wildman–Crippen LogP) is 1.81. The molecule has 0 spiro atoms. The average Bonchev–Trinajstić information content (AvgIpc) is 2.40. The van der Waals surface area contributed by atoms with Gasteiger partial charge in [0, 0.05) is 38.9 Å². The van der Waals surface area contributed by atoms with Gasteiger partial charge in [0.25, 0.3) is 0 Å². The number of rotatable bonds is 3. The standard InChI is InChI=1S/C12H20BrN5/c1-4-9-8-18(6-5-17(9)3)11-10(13)7-15-12(14-2)16-11/h7,9H,4-6,8H2,1-3H3,(H,14,15,16). The second-order valence-electron chi connectivity index (χ2n) is 4.60. The summed E-state index contributed by atoms with van der Waals surface area (Å²) >= 11 is 3.54. The minimum atomic E-state index is 0.596. The molecule has 6 heteroatoms. The van der Waals surface area contributed by atoms with Gasteiger partial charge >= 0.3 is 0 Å². The van der Waals surface area contributed by atoms with Crippen LogP contribution < -0.4 is 10.2 Å². The topological polar surface area (TPSA) is 44.3 Å². The summed E-state index contributed by atoms with van der Waals surface area (Å²) in [7, 11) is 4.03. The first-order valence-electron chi connectivity index (χ1n) is 6.31. The summed E-state index contributed by atoms with van der Waals surface area (Å²) in [4.78, 5) is 13.5. The van der Waals surface area contributed by atoms with Crippen molar-refractivity contribution in [1.29, 1.82) is 0 Å². The zero-order valence-electron chi connectivity index (χ0n) is 11.1. The van der Waals surface area contributed by atoms with Crippen LogP contribution in [0.25, 0.3) is 0 Å². The van der Waals surface area contributed by atoms with E-state index >= 15 is 0 Å². The second kappa shape index (κ2) is 5.84. The molecule has 2 heterocycles. The predicted molar refractivity (Wildman–Crippen MR) is 78.2 cm³/mol. The number of piperazine rings is 1. The molecule has 2 rings (SSSR count). The molecule has 0 saturated carbocycles. The Morgan fingerprint density at radius 2 is 2.28 bits per heavy atom. The van der Waals surface area contributed by atoms with E-state index in [0.29, 0.717) is 12.0 Å². The number of halogens is 1. The maximum Gasteiger partial charge on any atom is 0.224 e. The van der Waals surface area contributed by atoms with Crippen molar-refractivity contribution in [3.8, 4) is 0 Å². The third kappa shape index (κ3) is 2.75. The molecule has 0 radical (unpaired) electrons. The quantitative estimate of drug-likeness (QED) is 0.922. The number of nitrogens with one attached hydrogen (secondary N) is 1. The molecule has 0 aliphatic carbocycles. The Hall–Kier alpha value is -0.880. The van der Waals surface area contributed by atoms with Gasteiger partial charge in [0.15, 0.2) is 0 Å². The van der Waals surface area contributed by atoms with Crippen LogP contribution in [0.4, 0.5) is 11.8 Å². The van der Waals surface area contributed by atoms with E-state index in [1.807, 2.05) is 13.2 Å². The molecule has 1 aliphatic heterocycles. The molecule has 0 aromatic carbocycles. The van der Waals surface area contributed by atoms with Crippen molar-refractivity contribution >= 4 is 27.7 Å². The fraction of sp³-hybridized carbons (Fsp3) is 0.667. The highest BCUT2D eigenvalue weighted by atomic mass is 79.9. The molecule has 1 unspecified atom stereocenters. The van der Waals surface area contributed by atoms with E-state index < -0.39 is 0 Å². The van der Waals surface area contributed by atoms with Gasteiger partial charge in [-0.3, -0.25) is 4.90 Å². The highest BCUT2D eigenvalue weighted by Crippen LogP contribution is 2.26. The van der Waals surface area contributed by atoms with E-state index in [9.17, 15) is 0 Å². The molecule has 1 N–H and O–H groups in total. The summed E-state index contributed by atoms with van der Waals surface area (Å²) in [5, 5.41) is 2.99. The zero-order chi connectivity index (χ0) is 13.1. The molecular formula is C12H20BrN5. The first-order chi connectivity index (χ1) is 8.65. The van der Waals surface area contributed by atoms with Gasteiger partial charge in [-0.25, -0.2) is 4.98 Å². The van der Waals surface area contributed by atoms with Crippen LogP contribution in [-0.2, 0) is 0 Å². The lowest BCUT2D eigenvalue weighted by atomic mass is 10.1. The molecule has 1 fully saturated rings. The van der Waals surface area contributed by atoms with Crippen molar-refractivity contribution in [2.24, 2.45) is 0 Å². The summed E-state index contributed by atoms with van der Waals surface area (Å²) in [5.41, 5.74) is 0. The first-order valence-corrected chi connectivity index (χ1v) is 7.10. The molecular weight excluding hydrogens is 294 g/mol. The van der Waals surface area contributed by atoms with Crippen LogP contribution in [-0.4, -0.2) is 54.6 Å². The third-order valence-corrected chi connectivity index (χ3v) is 4.06. The fourth-order valence-corrected chi connectivity index (χ4v) is 2.72. The number of hydrogen-bond acceptors (Lipinski definition) is 5. The van der Waals surface area contributed by atoms with Gasteiger partial charge in [0.2, 0.25) is 5.95 Å². The van der Waals surface area contributed by atoms with Crippen molar-refractivity contribution in [3.63, 3.8) is 0 Å². The van der Waals surface area contributed by atoms with Gasteiger partial charge in [0.05, 0.1) is 4.47 Å². The summed E-state index contributed by atoms with van der Waals surface area (Å²) < 4.78 is 0.959. The van der Waals surface area contributed by atoms with Gasteiger partial charge in [-0.05, 0) is 29.4 Å². The molecule has 1 aliphatic rings. The Kier molecular flexibility index (Phi) is 4.40. The summed E-state index contributed by atoms with van der Waals surface area (Å²) in [6.45, 7) is 5.33. The number of hydrogen-bond donors (Lipinski definition) is 1. The summed E-state index contributed by atoms with van der Waals surface area (Å²) in [6.07, 6.45) is 2.97.